The summed E-state index contributed by atoms with van der Waals surface area (Å²) in [7, 11) is 0. The number of aromatic nitrogens is 4. The first kappa shape index (κ1) is 19.5. The first-order valence-electron chi connectivity index (χ1n) is 10.6. The molecule has 1 fully saturated rings. The summed E-state index contributed by atoms with van der Waals surface area (Å²) in [6.45, 7) is 7.40. The van der Waals surface area contributed by atoms with Crippen molar-refractivity contribution < 1.29 is 4.74 Å². The number of H-pyrrole nitrogens is 1. The van der Waals surface area contributed by atoms with Crippen molar-refractivity contribution >= 4 is 5.69 Å². The highest BCUT2D eigenvalue weighted by Gasteiger charge is 2.15. The first-order valence-corrected chi connectivity index (χ1v) is 10.6. The van der Waals surface area contributed by atoms with Gasteiger partial charge in [-0.25, -0.2) is 4.98 Å². The summed E-state index contributed by atoms with van der Waals surface area (Å²) in [6, 6.07) is 18.7. The second-order valence-corrected chi connectivity index (χ2v) is 7.79. The normalized spacial score (nSPS) is 14.1. The van der Waals surface area contributed by atoms with E-state index in [2.05, 4.69) is 50.2 Å². The molecule has 1 aliphatic rings. The van der Waals surface area contributed by atoms with Crippen LogP contribution in [0.2, 0.25) is 0 Å². The molecule has 0 bridgehead atoms. The molecular weight excluding hydrogens is 386 g/mol. The van der Waals surface area contributed by atoms with Gasteiger partial charge in [-0.3, -0.25) is 9.97 Å². The van der Waals surface area contributed by atoms with Crippen LogP contribution in [0.5, 0.6) is 0 Å². The van der Waals surface area contributed by atoms with Crippen LogP contribution >= 0.6 is 0 Å². The molecule has 0 radical (unpaired) electrons. The van der Waals surface area contributed by atoms with Gasteiger partial charge in [0, 0.05) is 41.8 Å². The zero-order valence-corrected chi connectivity index (χ0v) is 17.8. The average Bonchev–Trinajstić information content (AvgIpc) is 3.22. The van der Waals surface area contributed by atoms with Gasteiger partial charge in [0.1, 0.15) is 5.82 Å². The van der Waals surface area contributed by atoms with Gasteiger partial charge in [-0.15, -0.1) is 0 Å². The Labute approximate surface area is 182 Å². The summed E-state index contributed by atoms with van der Waals surface area (Å²) in [6.07, 6.45) is 1.85. The number of hydrogen-bond donors (Lipinski definition) is 1. The van der Waals surface area contributed by atoms with Gasteiger partial charge in [0.2, 0.25) is 0 Å². The van der Waals surface area contributed by atoms with E-state index in [4.69, 9.17) is 9.72 Å². The van der Waals surface area contributed by atoms with E-state index in [9.17, 15) is 0 Å². The number of pyridine rings is 2. The number of imidazole rings is 1. The van der Waals surface area contributed by atoms with Crippen molar-refractivity contribution in [3.8, 4) is 33.9 Å². The summed E-state index contributed by atoms with van der Waals surface area (Å²) in [4.78, 5) is 19.8. The molecule has 6 heteroatoms. The van der Waals surface area contributed by atoms with Gasteiger partial charge in [-0.05, 0) is 50.2 Å². The van der Waals surface area contributed by atoms with Gasteiger partial charge in [0.05, 0.1) is 36.0 Å². The van der Waals surface area contributed by atoms with E-state index in [0.717, 1.165) is 71.7 Å². The molecule has 0 saturated carbocycles. The van der Waals surface area contributed by atoms with Crippen LogP contribution in [-0.2, 0) is 4.74 Å². The molecule has 4 aromatic rings. The standard InChI is InChI=1S/C25H25N5O/c1-17-4-3-5-22(27-17)25-24(28-18(2)29-25)20-10-11-26-23(16-20)19-6-8-21(9-7-19)30-12-14-31-15-13-30/h3-11,16H,12-15H2,1-2H3,(H,28,29). The van der Waals surface area contributed by atoms with Gasteiger partial charge in [0.25, 0.3) is 0 Å². The largest absolute Gasteiger partial charge is 0.378 e. The van der Waals surface area contributed by atoms with Crippen LogP contribution < -0.4 is 4.90 Å². The number of hydrogen-bond acceptors (Lipinski definition) is 5. The van der Waals surface area contributed by atoms with Crippen molar-refractivity contribution in [2.45, 2.75) is 13.8 Å². The van der Waals surface area contributed by atoms with Gasteiger partial charge in [-0.2, -0.15) is 0 Å². The van der Waals surface area contributed by atoms with Crippen molar-refractivity contribution in [1.29, 1.82) is 0 Å². The average molecular weight is 412 g/mol. The minimum absolute atomic E-state index is 0.784. The highest BCUT2D eigenvalue weighted by molar-refractivity contribution is 5.79. The van der Waals surface area contributed by atoms with E-state index in [1.54, 1.807) is 0 Å². The van der Waals surface area contributed by atoms with Crippen LogP contribution in [0.4, 0.5) is 5.69 Å². The fraction of sp³-hybridized carbons (Fsp3) is 0.240. The summed E-state index contributed by atoms with van der Waals surface area (Å²) in [5.74, 6) is 0.863. The highest BCUT2D eigenvalue weighted by Crippen LogP contribution is 2.31. The first-order chi connectivity index (χ1) is 15.2. The lowest BCUT2D eigenvalue weighted by Gasteiger charge is -2.28. The number of ether oxygens (including phenoxy) is 1. The van der Waals surface area contributed by atoms with Crippen molar-refractivity contribution in [2.75, 3.05) is 31.2 Å². The number of rotatable bonds is 4. The molecule has 3 aromatic heterocycles. The molecule has 156 valence electrons. The van der Waals surface area contributed by atoms with E-state index in [1.807, 2.05) is 44.3 Å². The van der Waals surface area contributed by atoms with Crippen molar-refractivity contribution in [1.82, 2.24) is 19.9 Å². The zero-order chi connectivity index (χ0) is 21.2. The van der Waals surface area contributed by atoms with Gasteiger partial charge in [0.15, 0.2) is 0 Å². The molecule has 1 aliphatic heterocycles. The maximum Gasteiger partial charge on any atom is 0.104 e. The third-order valence-corrected chi connectivity index (χ3v) is 5.54. The molecule has 0 aliphatic carbocycles. The third kappa shape index (κ3) is 4.07. The third-order valence-electron chi connectivity index (χ3n) is 5.54. The van der Waals surface area contributed by atoms with Crippen LogP contribution in [0, 0.1) is 13.8 Å². The Morgan fingerprint density at radius 1 is 0.871 bits per heavy atom. The molecular formula is C25H25N5O. The van der Waals surface area contributed by atoms with Crippen LogP contribution in [-0.4, -0.2) is 46.2 Å². The molecule has 1 N–H and O–H groups in total. The molecule has 31 heavy (non-hydrogen) atoms. The topological polar surface area (TPSA) is 66.9 Å². The molecule has 1 saturated heterocycles. The van der Waals surface area contributed by atoms with Crippen LogP contribution in [0.15, 0.2) is 60.8 Å². The maximum absolute atomic E-state index is 5.45. The number of nitrogens with zero attached hydrogens (tertiary/aromatic N) is 4. The second kappa shape index (κ2) is 8.32. The lowest BCUT2D eigenvalue weighted by Crippen LogP contribution is -2.36. The lowest BCUT2D eigenvalue weighted by atomic mass is 10.0. The molecule has 6 nitrogen and oxygen atoms in total. The molecule has 0 amide bonds. The number of morpholine rings is 1. The van der Waals surface area contributed by atoms with Crippen LogP contribution in [0.1, 0.15) is 11.5 Å². The maximum atomic E-state index is 5.45. The summed E-state index contributed by atoms with van der Waals surface area (Å²) in [5, 5.41) is 0. The number of nitrogens with one attached hydrogen (secondary N) is 1. The second-order valence-electron chi connectivity index (χ2n) is 7.79. The quantitative estimate of drug-likeness (QED) is 0.529. The lowest BCUT2D eigenvalue weighted by molar-refractivity contribution is 0.122. The molecule has 4 heterocycles. The van der Waals surface area contributed by atoms with Gasteiger partial charge in [-0.1, -0.05) is 18.2 Å². The number of benzene rings is 1. The predicted molar refractivity (Wildman–Crippen MR) is 123 cm³/mol. The smallest absolute Gasteiger partial charge is 0.104 e. The van der Waals surface area contributed by atoms with Crippen molar-refractivity contribution in [3.05, 3.63) is 72.3 Å². The Hall–Kier alpha value is -3.51. The number of anilines is 1. The molecule has 0 unspecified atom stereocenters. The SMILES string of the molecule is Cc1cccc(-c2[nH]c(C)nc2-c2ccnc(-c3ccc(N4CCOCC4)cc3)c2)n1. The highest BCUT2D eigenvalue weighted by atomic mass is 16.5. The fourth-order valence-electron chi connectivity index (χ4n) is 3.97. The number of aromatic amines is 1. The van der Waals surface area contributed by atoms with Gasteiger partial charge < -0.3 is 14.6 Å². The Bertz CT molecular complexity index is 1190. The zero-order valence-electron chi connectivity index (χ0n) is 17.8. The summed E-state index contributed by atoms with van der Waals surface area (Å²) < 4.78 is 5.45. The Morgan fingerprint density at radius 3 is 2.45 bits per heavy atom. The van der Waals surface area contributed by atoms with Gasteiger partial charge >= 0.3 is 0 Å². The van der Waals surface area contributed by atoms with E-state index >= 15 is 0 Å². The van der Waals surface area contributed by atoms with Crippen molar-refractivity contribution in [3.63, 3.8) is 0 Å². The Morgan fingerprint density at radius 2 is 1.68 bits per heavy atom. The van der Waals surface area contributed by atoms with E-state index < -0.39 is 0 Å². The Balaban J connectivity index is 1.48. The monoisotopic (exact) mass is 411 g/mol. The van der Waals surface area contributed by atoms with Crippen molar-refractivity contribution in [2.24, 2.45) is 0 Å². The van der Waals surface area contributed by atoms with E-state index in [0.29, 0.717) is 0 Å². The summed E-state index contributed by atoms with van der Waals surface area (Å²) >= 11 is 0. The number of aryl methyl sites for hydroxylation is 2. The van der Waals surface area contributed by atoms with Crippen LogP contribution in [0.25, 0.3) is 33.9 Å². The molecule has 0 atom stereocenters. The summed E-state index contributed by atoms with van der Waals surface area (Å²) in [5.41, 5.74) is 7.94. The van der Waals surface area contributed by atoms with E-state index in [-0.39, 0.29) is 0 Å². The molecule has 0 spiro atoms. The minimum atomic E-state index is 0.784. The van der Waals surface area contributed by atoms with E-state index in [1.165, 1.54) is 5.69 Å². The molecule has 5 rings (SSSR count). The Kier molecular flexibility index (Phi) is 5.22. The fourth-order valence-corrected chi connectivity index (χ4v) is 3.97. The molecule has 1 aromatic carbocycles. The minimum Gasteiger partial charge on any atom is -0.378 e. The predicted octanol–water partition coefficient (Wildman–Crippen LogP) is 4.65. The van der Waals surface area contributed by atoms with Crippen LogP contribution in [0.3, 0.4) is 0 Å².